The summed E-state index contributed by atoms with van der Waals surface area (Å²) < 4.78 is 0. The van der Waals surface area contributed by atoms with E-state index in [4.69, 9.17) is 0 Å². The highest BCUT2D eigenvalue weighted by Gasteiger charge is 2.27. The van der Waals surface area contributed by atoms with Crippen molar-refractivity contribution in [3.63, 3.8) is 0 Å². The molecule has 0 radical (unpaired) electrons. The highest BCUT2D eigenvalue weighted by molar-refractivity contribution is 5.99. The van der Waals surface area contributed by atoms with Crippen molar-refractivity contribution in [2.45, 2.75) is 26.7 Å². The summed E-state index contributed by atoms with van der Waals surface area (Å²) in [6.45, 7) is 5.37. The third-order valence-corrected chi connectivity index (χ3v) is 4.72. The first-order chi connectivity index (χ1) is 11.0. The Labute approximate surface area is 136 Å². The molecule has 3 rings (SSSR count). The Bertz CT molecular complexity index is 755. The minimum atomic E-state index is 0.0219. The molecule has 0 saturated carbocycles. The molecule has 1 aliphatic heterocycles. The van der Waals surface area contributed by atoms with Gasteiger partial charge in [0.25, 0.3) is 5.91 Å². The van der Waals surface area contributed by atoms with Gasteiger partial charge in [-0.15, -0.1) is 0 Å². The van der Waals surface area contributed by atoms with E-state index in [1.54, 1.807) is 7.05 Å². The number of piperidine rings is 1. The molecule has 0 atom stereocenters. The number of likely N-dealkylation sites (tertiary alicyclic amines) is 1. The molecule has 1 aromatic carbocycles. The van der Waals surface area contributed by atoms with Crippen molar-refractivity contribution in [2.75, 3.05) is 20.1 Å². The molecular formula is C18H23N3O2. The molecule has 2 amide bonds. The third kappa shape index (κ3) is 2.96. The smallest absolute Gasteiger partial charge is 0.270 e. The largest absolute Gasteiger partial charge is 0.359 e. The highest BCUT2D eigenvalue weighted by Crippen LogP contribution is 2.24. The molecule has 0 spiro atoms. The Morgan fingerprint density at radius 3 is 2.52 bits per heavy atom. The molecule has 1 aromatic heterocycles. The van der Waals surface area contributed by atoms with Gasteiger partial charge in [0.1, 0.15) is 5.69 Å². The van der Waals surface area contributed by atoms with Crippen LogP contribution in [-0.2, 0) is 4.79 Å². The number of rotatable bonds is 2. The fourth-order valence-corrected chi connectivity index (χ4v) is 3.43. The predicted octanol–water partition coefficient (Wildman–Crippen LogP) is 2.38. The van der Waals surface area contributed by atoms with Crippen LogP contribution in [0.5, 0.6) is 0 Å². The lowest BCUT2D eigenvalue weighted by atomic mass is 9.96. The predicted molar refractivity (Wildman–Crippen MR) is 90.5 cm³/mol. The second kappa shape index (κ2) is 6.07. The van der Waals surface area contributed by atoms with E-state index in [1.165, 1.54) is 11.1 Å². The van der Waals surface area contributed by atoms with Gasteiger partial charge in [-0.1, -0.05) is 6.07 Å². The number of carbonyl (C=O) groups is 2. The molecule has 23 heavy (non-hydrogen) atoms. The van der Waals surface area contributed by atoms with E-state index in [1.807, 2.05) is 11.0 Å². The zero-order valence-corrected chi connectivity index (χ0v) is 13.9. The Morgan fingerprint density at radius 1 is 1.17 bits per heavy atom. The van der Waals surface area contributed by atoms with Gasteiger partial charge in [0.15, 0.2) is 0 Å². The summed E-state index contributed by atoms with van der Waals surface area (Å²) in [7, 11) is 1.66. The molecule has 2 heterocycles. The van der Waals surface area contributed by atoms with Crippen LogP contribution in [-0.4, -0.2) is 41.8 Å². The Morgan fingerprint density at radius 2 is 1.87 bits per heavy atom. The van der Waals surface area contributed by atoms with Crippen LogP contribution in [0.1, 0.15) is 34.5 Å². The quantitative estimate of drug-likeness (QED) is 0.894. The standard InChI is InChI=1S/C18H23N3O2/c1-11-8-12(2)14-10-16(20-15(14)9-11)18(23)21-6-4-13(5-7-21)17(22)19-3/h8-10,13,20H,4-7H2,1-3H3,(H,19,22). The third-order valence-electron chi connectivity index (χ3n) is 4.72. The Balaban J connectivity index is 1.77. The highest BCUT2D eigenvalue weighted by atomic mass is 16.2. The van der Waals surface area contributed by atoms with Gasteiger partial charge in [0.05, 0.1) is 0 Å². The number of aromatic amines is 1. The van der Waals surface area contributed by atoms with Crippen LogP contribution in [0.3, 0.4) is 0 Å². The van der Waals surface area contributed by atoms with Crippen molar-refractivity contribution in [2.24, 2.45) is 5.92 Å². The first-order valence-corrected chi connectivity index (χ1v) is 8.10. The first-order valence-electron chi connectivity index (χ1n) is 8.10. The molecule has 1 fully saturated rings. The van der Waals surface area contributed by atoms with Gasteiger partial charge < -0.3 is 15.2 Å². The number of hydrogen-bond acceptors (Lipinski definition) is 2. The summed E-state index contributed by atoms with van der Waals surface area (Å²) in [6.07, 6.45) is 1.45. The van der Waals surface area contributed by atoms with Crippen LogP contribution < -0.4 is 5.32 Å². The first kappa shape index (κ1) is 15.6. The molecule has 5 nitrogen and oxygen atoms in total. The van der Waals surface area contributed by atoms with E-state index >= 15 is 0 Å². The van der Waals surface area contributed by atoms with Crippen LogP contribution in [0.4, 0.5) is 0 Å². The summed E-state index contributed by atoms with van der Waals surface area (Å²) in [5, 5.41) is 3.79. The molecule has 5 heteroatoms. The summed E-state index contributed by atoms with van der Waals surface area (Å²) in [5.74, 6) is 0.124. The van der Waals surface area contributed by atoms with E-state index in [-0.39, 0.29) is 17.7 Å². The van der Waals surface area contributed by atoms with Crippen LogP contribution in [0.15, 0.2) is 18.2 Å². The maximum absolute atomic E-state index is 12.7. The number of amides is 2. The van der Waals surface area contributed by atoms with Gasteiger partial charge in [0.2, 0.25) is 5.91 Å². The van der Waals surface area contributed by atoms with Gasteiger partial charge in [-0.2, -0.15) is 0 Å². The maximum Gasteiger partial charge on any atom is 0.270 e. The minimum absolute atomic E-state index is 0.0219. The Kier molecular flexibility index (Phi) is 4.11. The number of benzene rings is 1. The number of hydrogen-bond donors (Lipinski definition) is 2. The number of carbonyl (C=O) groups excluding carboxylic acids is 2. The second-order valence-electron chi connectivity index (χ2n) is 6.41. The van der Waals surface area contributed by atoms with Gasteiger partial charge >= 0.3 is 0 Å². The summed E-state index contributed by atoms with van der Waals surface area (Å²) in [5.41, 5.74) is 3.99. The number of H-pyrrole nitrogens is 1. The van der Waals surface area contributed by atoms with E-state index < -0.39 is 0 Å². The van der Waals surface area contributed by atoms with Crippen LogP contribution in [0.2, 0.25) is 0 Å². The maximum atomic E-state index is 12.7. The Hall–Kier alpha value is -2.30. The molecule has 2 aromatic rings. The summed E-state index contributed by atoms with van der Waals surface area (Å²) >= 11 is 0. The van der Waals surface area contributed by atoms with E-state index in [9.17, 15) is 9.59 Å². The zero-order valence-electron chi connectivity index (χ0n) is 13.9. The lowest BCUT2D eigenvalue weighted by molar-refractivity contribution is -0.125. The molecule has 2 N–H and O–H groups in total. The lowest BCUT2D eigenvalue weighted by Crippen LogP contribution is -2.42. The van der Waals surface area contributed by atoms with E-state index in [0.717, 1.165) is 23.7 Å². The number of nitrogens with zero attached hydrogens (tertiary/aromatic N) is 1. The molecular weight excluding hydrogens is 290 g/mol. The van der Waals surface area contributed by atoms with Gasteiger partial charge in [-0.25, -0.2) is 0 Å². The van der Waals surface area contributed by atoms with Gasteiger partial charge in [-0.3, -0.25) is 9.59 Å². The fourth-order valence-electron chi connectivity index (χ4n) is 3.43. The lowest BCUT2D eigenvalue weighted by Gasteiger charge is -2.30. The average Bonchev–Trinajstić information content (AvgIpc) is 2.98. The van der Waals surface area contributed by atoms with Crippen molar-refractivity contribution in [1.82, 2.24) is 15.2 Å². The van der Waals surface area contributed by atoms with E-state index in [2.05, 4.69) is 36.3 Å². The van der Waals surface area contributed by atoms with Gasteiger partial charge in [-0.05, 0) is 49.9 Å². The molecule has 0 bridgehead atoms. The fraction of sp³-hybridized carbons (Fsp3) is 0.444. The second-order valence-corrected chi connectivity index (χ2v) is 6.41. The van der Waals surface area contributed by atoms with Crippen LogP contribution >= 0.6 is 0 Å². The number of aryl methyl sites for hydroxylation is 2. The zero-order chi connectivity index (χ0) is 16.6. The van der Waals surface area contributed by atoms with Gasteiger partial charge in [0, 0.05) is 37.0 Å². The van der Waals surface area contributed by atoms with Crippen molar-refractivity contribution in [3.05, 3.63) is 35.0 Å². The van der Waals surface area contributed by atoms with Crippen LogP contribution in [0.25, 0.3) is 10.9 Å². The number of aromatic nitrogens is 1. The topological polar surface area (TPSA) is 65.2 Å². The number of nitrogens with one attached hydrogen (secondary N) is 2. The molecule has 122 valence electrons. The molecule has 1 saturated heterocycles. The molecule has 0 unspecified atom stereocenters. The van der Waals surface area contributed by atoms with E-state index in [0.29, 0.717) is 18.8 Å². The van der Waals surface area contributed by atoms with Crippen molar-refractivity contribution < 1.29 is 9.59 Å². The molecule has 0 aliphatic carbocycles. The van der Waals surface area contributed by atoms with Crippen LogP contribution in [0, 0.1) is 19.8 Å². The summed E-state index contributed by atoms with van der Waals surface area (Å²) in [4.78, 5) is 29.5. The van der Waals surface area contributed by atoms with Crippen molar-refractivity contribution >= 4 is 22.7 Å². The number of fused-ring (bicyclic) bond motifs is 1. The summed E-state index contributed by atoms with van der Waals surface area (Å²) in [6, 6.07) is 6.13. The van der Waals surface area contributed by atoms with Crippen molar-refractivity contribution in [1.29, 1.82) is 0 Å². The molecule has 1 aliphatic rings. The normalized spacial score (nSPS) is 15.9. The minimum Gasteiger partial charge on any atom is -0.359 e. The SMILES string of the molecule is CNC(=O)C1CCN(C(=O)c2cc3c(C)cc(C)cc3[nH]2)CC1. The monoisotopic (exact) mass is 313 g/mol. The van der Waals surface area contributed by atoms with Crippen molar-refractivity contribution in [3.8, 4) is 0 Å². The average molecular weight is 313 g/mol.